The van der Waals surface area contributed by atoms with Crippen LogP contribution in [0.1, 0.15) is 33.1 Å². The Morgan fingerprint density at radius 1 is 1.45 bits per heavy atom. The van der Waals surface area contributed by atoms with Crippen molar-refractivity contribution < 1.29 is 4.74 Å². The molecule has 1 aliphatic heterocycles. The molecule has 0 aliphatic carbocycles. The third kappa shape index (κ3) is 3.96. The van der Waals surface area contributed by atoms with Gasteiger partial charge < -0.3 is 20.7 Å². The minimum Gasteiger partial charge on any atom is -0.376 e. The molecule has 0 spiro atoms. The lowest BCUT2D eigenvalue weighted by Crippen LogP contribution is -2.33. The van der Waals surface area contributed by atoms with Gasteiger partial charge in [-0.25, -0.2) is 0 Å². The van der Waals surface area contributed by atoms with Crippen molar-refractivity contribution in [2.24, 2.45) is 0 Å². The van der Waals surface area contributed by atoms with Crippen molar-refractivity contribution >= 4 is 17.6 Å². The molecule has 0 saturated carbocycles. The summed E-state index contributed by atoms with van der Waals surface area (Å²) in [6, 6.07) is 1.96. The second-order valence-electron chi connectivity index (χ2n) is 5.07. The Balaban J connectivity index is 2.08. The fourth-order valence-corrected chi connectivity index (χ4v) is 2.38. The van der Waals surface area contributed by atoms with E-state index in [1.165, 1.54) is 0 Å². The van der Waals surface area contributed by atoms with Crippen molar-refractivity contribution in [2.45, 2.75) is 39.2 Å². The van der Waals surface area contributed by atoms with Crippen LogP contribution in [0.15, 0.2) is 6.07 Å². The zero-order valence-electron chi connectivity index (χ0n) is 12.4. The van der Waals surface area contributed by atoms with Gasteiger partial charge in [-0.3, -0.25) is 0 Å². The van der Waals surface area contributed by atoms with E-state index in [2.05, 4.69) is 34.0 Å². The predicted molar refractivity (Wildman–Crippen MR) is 82.1 cm³/mol. The second kappa shape index (κ2) is 7.28. The smallest absolute Gasteiger partial charge is 0.223 e. The topological polar surface area (TPSA) is 76.3 Å². The molecule has 20 heavy (non-hydrogen) atoms. The van der Waals surface area contributed by atoms with Crippen LogP contribution in [0.5, 0.6) is 0 Å². The molecule has 3 N–H and O–H groups in total. The number of hydrogen-bond donors (Lipinski definition) is 2. The summed E-state index contributed by atoms with van der Waals surface area (Å²) in [6.07, 6.45) is 3.63. The Bertz CT molecular complexity index is 420. The van der Waals surface area contributed by atoms with Gasteiger partial charge in [0.1, 0.15) is 11.6 Å². The highest BCUT2D eigenvalue weighted by atomic mass is 16.5. The zero-order chi connectivity index (χ0) is 14.4. The molecule has 1 aliphatic rings. The van der Waals surface area contributed by atoms with Crippen molar-refractivity contribution in [3.63, 3.8) is 0 Å². The maximum absolute atomic E-state index is 5.81. The average Bonchev–Trinajstić information content (AvgIpc) is 2.95. The molecule has 1 aromatic rings. The lowest BCUT2D eigenvalue weighted by atomic mass is 10.2. The van der Waals surface area contributed by atoms with Crippen LogP contribution < -0.4 is 16.0 Å². The number of rotatable bonds is 7. The van der Waals surface area contributed by atoms with Crippen LogP contribution in [0.2, 0.25) is 0 Å². The van der Waals surface area contributed by atoms with E-state index in [1.54, 1.807) is 0 Å². The molecule has 2 heterocycles. The molecule has 0 radical (unpaired) electrons. The summed E-state index contributed by atoms with van der Waals surface area (Å²) in [7, 11) is 0. The van der Waals surface area contributed by atoms with Gasteiger partial charge in [0.15, 0.2) is 0 Å². The fourth-order valence-electron chi connectivity index (χ4n) is 2.38. The third-order valence-corrected chi connectivity index (χ3v) is 3.44. The number of nitrogen functional groups attached to an aromatic ring is 1. The van der Waals surface area contributed by atoms with E-state index in [-0.39, 0.29) is 0 Å². The molecule has 112 valence electrons. The molecule has 1 atom stereocenters. The molecule has 0 amide bonds. The monoisotopic (exact) mass is 279 g/mol. The van der Waals surface area contributed by atoms with Gasteiger partial charge in [0, 0.05) is 32.3 Å². The first-order chi connectivity index (χ1) is 9.72. The summed E-state index contributed by atoms with van der Waals surface area (Å²) in [6.45, 7) is 7.73. The van der Waals surface area contributed by atoms with E-state index in [9.17, 15) is 0 Å². The van der Waals surface area contributed by atoms with Crippen LogP contribution in [0.4, 0.5) is 17.6 Å². The van der Waals surface area contributed by atoms with Gasteiger partial charge in [0.25, 0.3) is 0 Å². The first-order valence-corrected chi connectivity index (χ1v) is 7.48. The Morgan fingerprint density at radius 3 is 2.95 bits per heavy atom. The number of aromatic nitrogens is 2. The lowest BCUT2D eigenvalue weighted by molar-refractivity contribution is 0.115. The summed E-state index contributed by atoms with van der Waals surface area (Å²) in [4.78, 5) is 10.8. The first-order valence-electron chi connectivity index (χ1n) is 7.48. The summed E-state index contributed by atoms with van der Waals surface area (Å²) in [5, 5.41) is 3.26. The lowest BCUT2D eigenvalue weighted by Gasteiger charge is -2.25. The molecule has 0 bridgehead atoms. The van der Waals surface area contributed by atoms with E-state index in [0.29, 0.717) is 12.1 Å². The molecular formula is C14H25N5O. The van der Waals surface area contributed by atoms with Crippen LogP contribution in [0, 0.1) is 0 Å². The van der Waals surface area contributed by atoms with Crippen molar-refractivity contribution in [3.05, 3.63) is 6.07 Å². The molecule has 6 nitrogen and oxygen atoms in total. The van der Waals surface area contributed by atoms with E-state index in [1.807, 2.05) is 6.07 Å². The predicted octanol–water partition coefficient (Wildman–Crippen LogP) is 1.89. The Hall–Kier alpha value is -1.56. The van der Waals surface area contributed by atoms with Gasteiger partial charge in [-0.1, -0.05) is 6.92 Å². The SMILES string of the molecule is CCCNc1cc(N(CC)CC2CCCO2)nc(N)n1. The highest BCUT2D eigenvalue weighted by Gasteiger charge is 2.20. The van der Waals surface area contributed by atoms with E-state index >= 15 is 0 Å². The van der Waals surface area contributed by atoms with Crippen molar-refractivity contribution in [1.29, 1.82) is 0 Å². The highest BCUT2D eigenvalue weighted by molar-refractivity contribution is 5.52. The minimum absolute atomic E-state index is 0.304. The number of nitrogens with one attached hydrogen (secondary N) is 1. The number of likely N-dealkylation sites (N-methyl/N-ethyl adjacent to an activating group) is 1. The van der Waals surface area contributed by atoms with Crippen molar-refractivity contribution in [2.75, 3.05) is 42.2 Å². The number of hydrogen-bond acceptors (Lipinski definition) is 6. The van der Waals surface area contributed by atoms with Crippen LogP contribution in [0.25, 0.3) is 0 Å². The maximum Gasteiger partial charge on any atom is 0.223 e. The first kappa shape index (κ1) is 14.8. The molecule has 2 rings (SSSR count). The van der Waals surface area contributed by atoms with Crippen LogP contribution in [-0.2, 0) is 4.74 Å². The van der Waals surface area contributed by atoms with Crippen molar-refractivity contribution in [1.82, 2.24) is 9.97 Å². The standard InChI is InChI=1S/C14H25N5O/c1-3-7-16-12-9-13(18-14(15)17-12)19(4-2)10-11-6-5-8-20-11/h9,11H,3-8,10H2,1-2H3,(H3,15,16,17,18). The number of nitrogens with two attached hydrogens (primary N) is 1. The van der Waals surface area contributed by atoms with E-state index in [0.717, 1.165) is 57.1 Å². The van der Waals surface area contributed by atoms with Gasteiger partial charge in [-0.2, -0.15) is 9.97 Å². The summed E-state index contributed by atoms with van der Waals surface area (Å²) in [5.41, 5.74) is 5.81. The Kier molecular flexibility index (Phi) is 5.40. The molecule has 0 aromatic carbocycles. The van der Waals surface area contributed by atoms with Crippen LogP contribution >= 0.6 is 0 Å². The molecule has 6 heteroatoms. The third-order valence-electron chi connectivity index (χ3n) is 3.44. The second-order valence-corrected chi connectivity index (χ2v) is 5.07. The number of ether oxygens (including phenoxy) is 1. The average molecular weight is 279 g/mol. The number of nitrogens with zero attached hydrogens (tertiary/aromatic N) is 3. The Morgan fingerprint density at radius 2 is 2.30 bits per heavy atom. The van der Waals surface area contributed by atoms with Gasteiger partial charge in [-0.15, -0.1) is 0 Å². The minimum atomic E-state index is 0.304. The quantitative estimate of drug-likeness (QED) is 0.793. The van der Waals surface area contributed by atoms with E-state index in [4.69, 9.17) is 10.5 Å². The normalized spacial score (nSPS) is 18.2. The summed E-state index contributed by atoms with van der Waals surface area (Å²) in [5.74, 6) is 1.97. The molecule has 1 unspecified atom stereocenters. The van der Waals surface area contributed by atoms with Crippen LogP contribution in [0.3, 0.4) is 0 Å². The van der Waals surface area contributed by atoms with Gasteiger partial charge in [-0.05, 0) is 26.2 Å². The fraction of sp³-hybridized carbons (Fsp3) is 0.714. The summed E-state index contributed by atoms with van der Waals surface area (Å²) < 4.78 is 5.70. The largest absolute Gasteiger partial charge is 0.376 e. The van der Waals surface area contributed by atoms with Crippen LogP contribution in [-0.4, -0.2) is 42.3 Å². The number of anilines is 3. The highest BCUT2D eigenvalue weighted by Crippen LogP contribution is 2.20. The maximum atomic E-state index is 5.81. The zero-order valence-corrected chi connectivity index (χ0v) is 12.4. The molecular weight excluding hydrogens is 254 g/mol. The Labute approximate surface area is 120 Å². The summed E-state index contributed by atoms with van der Waals surface area (Å²) >= 11 is 0. The van der Waals surface area contributed by atoms with Gasteiger partial charge in [0.05, 0.1) is 6.10 Å². The molecule has 1 aromatic heterocycles. The van der Waals surface area contributed by atoms with Gasteiger partial charge in [0.2, 0.25) is 5.95 Å². The van der Waals surface area contributed by atoms with Crippen molar-refractivity contribution in [3.8, 4) is 0 Å². The molecule has 1 fully saturated rings. The van der Waals surface area contributed by atoms with Gasteiger partial charge >= 0.3 is 0 Å². The molecule has 1 saturated heterocycles. The van der Waals surface area contributed by atoms with E-state index < -0.39 is 0 Å².